The molecule has 17 heavy (non-hydrogen) atoms. The van der Waals surface area contributed by atoms with Crippen LogP contribution in [0, 0.1) is 5.92 Å². The van der Waals surface area contributed by atoms with Gasteiger partial charge in [-0.3, -0.25) is 4.79 Å². The number of benzene rings is 1. The van der Waals surface area contributed by atoms with Crippen molar-refractivity contribution in [3.63, 3.8) is 0 Å². The summed E-state index contributed by atoms with van der Waals surface area (Å²) in [4.78, 5) is 16.7. The van der Waals surface area contributed by atoms with Gasteiger partial charge in [-0.2, -0.15) is 4.99 Å². The van der Waals surface area contributed by atoms with Crippen LogP contribution in [0.15, 0.2) is 27.7 Å². The lowest BCUT2D eigenvalue weighted by molar-refractivity contribution is -0.119. The Balaban J connectivity index is 2.20. The van der Waals surface area contributed by atoms with E-state index in [0.717, 1.165) is 32.3 Å². The molecule has 1 fully saturated rings. The van der Waals surface area contributed by atoms with Gasteiger partial charge in [0, 0.05) is 17.4 Å². The Morgan fingerprint density at radius 1 is 1.53 bits per heavy atom. The maximum atomic E-state index is 11.7. The van der Waals surface area contributed by atoms with E-state index in [4.69, 9.17) is 0 Å². The van der Waals surface area contributed by atoms with E-state index < -0.39 is 0 Å². The van der Waals surface area contributed by atoms with Crippen molar-refractivity contribution in [2.75, 3.05) is 0 Å². The van der Waals surface area contributed by atoms with Crippen LogP contribution in [0.4, 0.5) is 0 Å². The first-order valence-corrected chi connectivity index (χ1v) is 7.10. The van der Waals surface area contributed by atoms with Crippen LogP contribution >= 0.6 is 27.3 Å². The summed E-state index contributed by atoms with van der Waals surface area (Å²) in [6.45, 7) is 0. The lowest BCUT2D eigenvalue weighted by Gasteiger charge is -1.97. The number of aryl methyl sites for hydroxylation is 1. The van der Waals surface area contributed by atoms with Crippen LogP contribution in [-0.2, 0) is 11.8 Å². The number of amides is 1. The molecule has 0 radical (unpaired) electrons. The summed E-state index contributed by atoms with van der Waals surface area (Å²) in [5.41, 5.74) is 1.10. The van der Waals surface area contributed by atoms with Crippen LogP contribution in [-0.4, -0.2) is 10.5 Å². The minimum atomic E-state index is 0.0308. The third kappa shape index (κ3) is 1.98. The van der Waals surface area contributed by atoms with Crippen molar-refractivity contribution in [3.8, 4) is 0 Å². The molecule has 0 saturated heterocycles. The maximum absolute atomic E-state index is 11.7. The quantitative estimate of drug-likeness (QED) is 0.797. The molecule has 3 rings (SSSR count). The number of hydrogen-bond acceptors (Lipinski definition) is 2. The van der Waals surface area contributed by atoms with E-state index in [9.17, 15) is 4.79 Å². The van der Waals surface area contributed by atoms with Crippen LogP contribution in [0.1, 0.15) is 12.8 Å². The first-order valence-electron chi connectivity index (χ1n) is 5.49. The van der Waals surface area contributed by atoms with Crippen molar-refractivity contribution in [1.82, 2.24) is 4.57 Å². The molecule has 1 aromatic carbocycles. The normalized spacial score (nSPS) is 16.7. The molecule has 1 heterocycles. The van der Waals surface area contributed by atoms with Crippen LogP contribution in [0.5, 0.6) is 0 Å². The number of thiazole rings is 1. The largest absolute Gasteiger partial charge is 0.318 e. The Hall–Kier alpha value is -0.940. The van der Waals surface area contributed by atoms with Crippen LogP contribution in [0.2, 0.25) is 0 Å². The summed E-state index contributed by atoms with van der Waals surface area (Å²) in [6.07, 6.45) is 2.00. The summed E-state index contributed by atoms with van der Waals surface area (Å²) in [6, 6.07) is 6.04. The number of para-hydroxylation sites is 1. The first-order chi connectivity index (χ1) is 8.16. The van der Waals surface area contributed by atoms with E-state index in [1.807, 2.05) is 29.8 Å². The lowest BCUT2D eigenvalue weighted by Crippen LogP contribution is -2.13. The highest BCUT2D eigenvalue weighted by atomic mass is 79.9. The van der Waals surface area contributed by atoms with Gasteiger partial charge in [0.2, 0.25) is 0 Å². The van der Waals surface area contributed by atoms with Gasteiger partial charge in [-0.1, -0.05) is 17.4 Å². The van der Waals surface area contributed by atoms with E-state index in [-0.39, 0.29) is 11.8 Å². The molecule has 0 unspecified atom stereocenters. The Labute approximate surface area is 111 Å². The molecule has 5 heteroatoms. The second-order valence-corrected chi connectivity index (χ2v) is 6.12. The SMILES string of the molecule is Cn1c(=NC(=O)C2CC2)sc2cccc(Br)c21. The zero-order valence-electron chi connectivity index (χ0n) is 9.31. The second kappa shape index (κ2) is 4.07. The highest BCUT2D eigenvalue weighted by Gasteiger charge is 2.29. The minimum absolute atomic E-state index is 0.0308. The molecule has 0 aliphatic heterocycles. The molecule has 1 aromatic heterocycles. The zero-order chi connectivity index (χ0) is 12.0. The number of halogens is 1. The van der Waals surface area contributed by atoms with Gasteiger partial charge in [0.05, 0.1) is 10.2 Å². The molecule has 1 amide bonds. The van der Waals surface area contributed by atoms with E-state index in [0.29, 0.717) is 0 Å². The van der Waals surface area contributed by atoms with Gasteiger partial charge in [-0.05, 0) is 40.9 Å². The Bertz CT molecular complexity index is 667. The molecule has 88 valence electrons. The van der Waals surface area contributed by atoms with Crippen molar-refractivity contribution in [3.05, 3.63) is 27.5 Å². The first kappa shape index (κ1) is 11.2. The molecule has 0 bridgehead atoms. The molecular formula is C12H11BrN2OS. The van der Waals surface area contributed by atoms with Gasteiger partial charge in [-0.15, -0.1) is 0 Å². The third-order valence-electron chi connectivity index (χ3n) is 2.91. The summed E-state index contributed by atoms with van der Waals surface area (Å²) in [7, 11) is 1.95. The average Bonchev–Trinajstić information content (AvgIpc) is 3.07. The zero-order valence-corrected chi connectivity index (χ0v) is 11.7. The number of fused-ring (bicyclic) bond motifs is 1. The lowest BCUT2D eigenvalue weighted by atomic mass is 10.3. The van der Waals surface area contributed by atoms with Gasteiger partial charge in [0.1, 0.15) is 0 Å². The van der Waals surface area contributed by atoms with Gasteiger partial charge in [0.25, 0.3) is 5.91 Å². The van der Waals surface area contributed by atoms with Gasteiger partial charge < -0.3 is 4.57 Å². The van der Waals surface area contributed by atoms with Gasteiger partial charge >= 0.3 is 0 Å². The third-order valence-corrected chi connectivity index (χ3v) is 4.64. The fourth-order valence-electron chi connectivity index (χ4n) is 1.78. The monoisotopic (exact) mass is 310 g/mol. The molecule has 0 atom stereocenters. The molecule has 3 nitrogen and oxygen atoms in total. The Kier molecular flexibility index (Phi) is 2.67. The molecule has 0 N–H and O–H groups in total. The molecule has 0 spiro atoms. The van der Waals surface area contributed by atoms with Crippen molar-refractivity contribution in [2.45, 2.75) is 12.8 Å². The van der Waals surface area contributed by atoms with Crippen LogP contribution in [0.3, 0.4) is 0 Å². The standard InChI is InChI=1S/C12H11BrN2OS/c1-15-10-8(13)3-2-4-9(10)17-12(15)14-11(16)7-5-6-7/h2-4,7H,5-6H2,1H3. The number of rotatable bonds is 1. The molecular weight excluding hydrogens is 300 g/mol. The average molecular weight is 311 g/mol. The van der Waals surface area contributed by atoms with E-state index >= 15 is 0 Å². The predicted octanol–water partition coefficient (Wildman–Crippen LogP) is 2.84. The van der Waals surface area contributed by atoms with Crippen molar-refractivity contribution in [1.29, 1.82) is 0 Å². The van der Waals surface area contributed by atoms with Gasteiger partial charge in [0.15, 0.2) is 4.80 Å². The summed E-state index contributed by atoms with van der Waals surface area (Å²) in [5.74, 6) is 0.215. The smallest absolute Gasteiger partial charge is 0.251 e. The maximum Gasteiger partial charge on any atom is 0.251 e. The Morgan fingerprint density at radius 2 is 2.29 bits per heavy atom. The van der Waals surface area contributed by atoms with E-state index in [2.05, 4.69) is 20.9 Å². The molecule has 2 aromatic rings. The van der Waals surface area contributed by atoms with Crippen molar-refractivity contribution in [2.24, 2.45) is 18.0 Å². The second-order valence-electron chi connectivity index (χ2n) is 4.25. The topological polar surface area (TPSA) is 34.4 Å². The van der Waals surface area contributed by atoms with E-state index in [1.54, 1.807) is 11.3 Å². The number of aromatic nitrogens is 1. The highest BCUT2D eigenvalue weighted by Crippen LogP contribution is 2.30. The number of nitrogens with zero attached hydrogens (tertiary/aromatic N) is 2. The predicted molar refractivity (Wildman–Crippen MR) is 71.8 cm³/mol. The summed E-state index contributed by atoms with van der Waals surface area (Å²) in [5, 5.41) is 0. The highest BCUT2D eigenvalue weighted by molar-refractivity contribution is 9.10. The van der Waals surface area contributed by atoms with Crippen molar-refractivity contribution < 1.29 is 4.79 Å². The Morgan fingerprint density at radius 3 is 2.94 bits per heavy atom. The fraction of sp³-hybridized carbons (Fsp3) is 0.333. The molecule has 1 saturated carbocycles. The minimum Gasteiger partial charge on any atom is -0.318 e. The number of carbonyl (C=O) groups excluding carboxylic acids is 1. The summed E-state index contributed by atoms with van der Waals surface area (Å²) < 4.78 is 4.16. The summed E-state index contributed by atoms with van der Waals surface area (Å²) >= 11 is 5.08. The van der Waals surface area contributed by atoms with Crippen LogP contribution in [0.25, 0.3) is 10.2 Å². The number of carbonyl (C=O) groups is 1. The van der Waals surface area contributed by atoms with Crippen molar-refractivity contribution >= 4 is 43.4 Å². The van der Waals surface area contributed by atoms with Gasteiger partial charge in [-0.25, -0.2) is 0 Å². The number of hydrogen-bond donors (Lipinski definition) is 0. The fourth-order valence-corrected chi connectivity index (χ4v) is 3.59. The molecule has 1 aliphatic carbocycles. The van der Waals surface area contributed by atoms with Crippen LogP contribution < -0.4 is 4.80 Å². The molecule has 1 aliphatic rings. The van der Waals surface area contributed by atoms with E-state index in [1.165, 1.54) is 0 Å².